The summed E-state index contributed by atoms with van der Waals surface area (Å²) in [5.41, 5.74) is 0. The SMILES string of the molecule is CCCC(CC(C)C)Oc1ccc(F)c(F)c1. The van der Waals surface area contributed by atoms with E-state index in [0.717, 1.165) is 31.4 Å². The molecular weight excluding hydrogens is 222 g/mol. The molecular formula is C14H20F2O. The molecule has 17 heavy (non-hydrogen) atoms. The van der Waals surface area contributed by atoms with Crippen molar-refractivity contribution in [3.05, 3.63) is 29.8 Å². The van der Waals surface area contributed by atoms with Gasteiger partial charge in [0.1, 0.15) is 5.75 Å². The Balaban J connectivity index is 2.67. The summed E-state index contributed by atoms with van der Waals surface area (Å²) in [6.07, 6.45) is 2.94. The van der Waals surface area contributed by atoms with Gasteiger partial charge in [0.05, 0.1) is 6.10 Å². The van der Waals surface area contributed by atoms with Crippen LogP contribution in [-0.2, 0) is 0 Å². The molecule has 0 aliphatic heterocycles. The van der Waals surface area contributed by atoms with E-state index in [-0.39, 0.29) is 6.10 Å². The molecule has 96 valence electrons. The molecule has 1 unspecified atom stereocenters. The van der Waals surface area contributed by atoms with E-state index in [1.54, 1.807) is 0 Å². The predicted octanol–water partition coefficient (Wildman–Crippen LogP) is 4.56. The van der Waals surface area contributed by atoms with Crippen molar-refractivity contribution in [2.75, 3.05) is 0 Å². The second-order valence-corrected chi connectivity index (χ2v) is 4.73. The molecule has 0 aromatic heterocycles. The molecule has 1 atom stereocenters. The molecule has 0 amide bonds. The quantitative estimate of drug-likeness (QED) is 0.710. The number of rotatable bonds is 6. The zero-order valence-electron chi connectivity index (χ0n) is 10.7. The molecule has 0 bridgehead atoms. The van der Waals surface area contributed by atoms with Gasteiger partial charge in [-0.1, -0.05) is 27.2 Å². The molecule has 0 spiro atoms. The van der Waals surface area contributed by atoms with Crippen molar-refractivity contribution in [2.24, 2.45) is 5.92 Å². The molecule has 1 aromatic rings. The number of hydrogen-bond donors (Lipinski definition) is 0. The first-order valence-electron chi connectivity index (χ1n) is 6.14. The predicted molar refractivity (Wildman–Crippen MR) is 65.1 cm³/mol. The van der Waals surface area contributed by atoms with Crippen molar-refractivity contribution in [1.29, 1.82) is 0 Å². The minimum absolute atomic E-state index is 0.0739. The van der Waals surface area contributed by atoms with Gasteiger partial charge in [0, 0.05) is 6.07 Å². The minimum Gasteiger partial charge on any atom is -0.490 e. The number of benzene rings is 1. The average molecular weight is 242 g/mol. The highest BCUT2D eigenvalue weighted by molar-refractivity contribution is 5.23. The van der Waals surface area contributed by atoms with Crippen LogP contribution in [0.1, 0.15) is 40.0 Å². The molecule has 0 saturated heterocycles. The van der Waals surface area contributed by atoms with Crippen LogP contribution < -0.4 is 4.74 Å². The summed E-state index contributed by atoms with van der Waals surface area (Å²) < 4.78 is 31.5. The van der Waals surface area contributed by atoms with Crippen LogP contribution in [0.15, 0.2) is 18.2 Å². The molecule has 0 heterocycles. The zero-order valence-corrected chi connectivity index (χ0v) is 10.7. The largest absolute Gasteiger partial charge is 0.490 e. The molecule has 0 saturated carbocycles. The standard InChI is InChI=1S/C14H20F2O/c1-4-5-11(8-10(2)3)17-12-6-7-13(15)14(16)9-12/h6-7,9-11H,4-5,8H2,1-3H3. The van der Waals surface area contributed by atoms with Crippen molar-refractivity contribution >= 4 is 0 Å². The van der Waals surface area contributed by atoms with E-state index in [1.807, 2.05) is 0 Å². The third kappa shape index (κ3) is 4.72. The van der Waals surface area contributed by atoms with E-state index in [4.69, 9.17) is 4.74 Å². The average Bonchev–Trinajstić information content (AvgIpc) is 2.23. The molecule has 1 rings (SSSR count). The Labute approximate surface area is 102 Å². The van der Waals surface area contributed by atoms with Crippen LogP contribution in [0.2, 0.25) is 0 Å². The first kappa shape index (κ1) is 13.9. The Morgan fingerprint density at radius 3 is 2.41 bits per heavy atom. The second-order valence-electron chi connectivity index (χ2n) is 4.73. The Morgan fingerprint density at radius 2 is 1.88 bits per heavy atom. The lowest BCUT2D eigenvalue weighted by Gasteiger charge is -2.20. The summed E-state index contributed by atoms with van der Waals surface area (Å²) in [5, 5.41) is 0. The Morgan fingerprint density at radius 1 is 1.18 bits per heavy atom. The maximum absolute atomic E-state index is 13.0. The van der Waals surface area contributed by atoms with Crippen LogP contribution in [-0.4, -0.2) is 6.10 Å². The van der Waals surface area contributed by atoms with Crippen LogP contribution >= 0.6 is 0 Å². The van der Waals surface area contributed by atoms with Gasteiger partial charge in [-0.2, -0.15) is 0 Å². The van der Waals surface area contributed by atoms with Gasteiger partial charge in [-0.3, -0.25) is 0 Å². The van der Waals surface area contributed by atoms with Crippen molar-refractivity contribution in [3.8, 4) is 5.75 Å². The Bertz CT molecular complexity index is 350. The highest BCUT2D eigenvalue weighted by Gasteiger charge is 2.13. The van der Waals surface area contributed by atoms with Gasteiger partial charge in [-0.25, -0.2) is 8.78 Å². The van der Waals surface area contributed by atoms with E-state index < -0.39 is 11.6 Å². The van der Waals surface area contributed by atoms with Gasteiger partial charge < -0.3 is 4.74 Å². The highest BCUT2D eigenvalue weighted by atomic mass is 19.2. The van der Waals surface area contributed by atoms with Crippen molar-refractivity contribution in [3.63, 3.8) is 0 Å². The van der Waals surface area contributed by atoms with Crippen LogP contribution in [0.25, 0.3) is 0 Å². The molecule has 0 aliphatic carbocycles. The van der Waals surface area contributed by atoms with E-state index in [1.165, 1.54) is 6.07 Å². The molecule has 0 fully saturated rings. The first-order chi connectivity index (χ1) is 8.02. The van der Waals surface area contributed by atoms with E-state index >= 15 is 0 Å². The fourth-order valence-electron chi connectivity index (χ4n) is 1.82. The summed E-state index contributed by atoms with van der Waals surface area (Å²) in [4.78, 5) is 0. The van der Waals surface area contributed by atoms with Crippen molar-refractivity contribution in [1.82, 2.24) is 0 Å². The Kier molecular flexibility index (Phi) is 5.39. The lowest BCUT2D eigenvalue weighted by atomic mass is 10.0. The summed E-state index contributed by atoms with van der Waals surface area (Å²) in [6.45, 7) is 6.33. The topological polar surface area (TPSA) is 9.23 Å². The van der Waals surface area contributed by atoms with Gasteiger partial charge in [0.25, 0.3) is 0 Å². The monoisotopic (exact) mass is 242 g/mol. The van der Waals surface area contributed by atoms with Crippen molar-refractivity contribution in [2.45, 2.75) is 46.1 Å². The van der Waals surface area contributed by atoms with Gasteiger partial charge in [0.2, 0.25) is 0 Å². The highest BCUT2D eigenvalue weighted by Crippen LogP contribution is 2.21. The fourth-order valence-corrected chi connectivity index (χ4v) is 1.82. The van der Waals surface area contributed by atoms with E-state index in [9.17, 15) is 8.78 Å². The Hall–Kier alpha value is -1.12. The smallest absolute Gasteiger partial charge is 0.162 e. The lowest BCUT2D eigenvalue weighted by molar-refractivity contribution is 0.163. The maximum atomic E-state index is 13.0. The minimum atomic E-state index is -0.859. The first-order valence-corrected chi connectivity index (χ1v) is 6.14. The molecule has 1 nitrogen and oxygen atoms in total. The summed E-state index contributed by atoms with van der Waals surface area (Å²) in [5.74, 6) is -0.768. The summed E-state index contributed by atoms with van der Waals surface area (Å²) in [7, 11) is 0. The van der Waals surface area contributed by atoms with Crippen LogP contribution in [0.5, 0.6) is 5.75 Å². The molecule has 0 aliphatic rings. The number of ether oxygens (including phenoxy) is 1. The molecule has 3 heteroatoms. The molecule has 0 radical (unpaired) electrons. The van der Waals surface area contributed by atoms with Crippen LogP contribution in [0.3, 0.4) is 0 Å². The summed E-state index contributed by atoms with van der Waals surface area (Å²) in [6, 6.07) is 3.68. The van der Waals surface area contributed by atoms with E-state index in [2.05, 4.69) is 20.8 Å². The van der Waals surface area contributed by atoms with Crippen molar-refractivity contribution < 1.29 is 13.5 Å². The molecule has 1 aromatic carbocycles. The van der Waals surface area contributed by atoms with E-state index in [0.29, 0.717) is 11.7 Å². The third-order valence-corrected chi connectivity index (χ3v) is 2.54. The number of halogens is 2. The normalized spacial score (nSPS) is 12.8. The van der Waals surface area contributed by atoms with Crippen LogP contribution in [0, 0.1) is 17.6 Å². The van der Waals surface area contributed by atoms with Gasteiger partial charge in [0.15, 0.2) is 11.6 Å². The maximum Gasteiger partial charge on any atom is 0.162 e. The van der Waals surface area contributed by atoms with Crippen LogP contribution in [0.4, 0.5) is 8.78 Å². The van der Waals surface area contributed by atoms with Gasteiger partial charge >= 0.3 is 0 Å². The molecule has 0 N–H and O–H groups in total. The fraction of sp³-hybridized carbons (Fsp3) is 0.571. The number of hydrogen-bond acceptors (Lipinski definition) is 1. The van der Waals surface area contributed by atoms with Gasteiger partial charge in [-0.05, 0) is 30.9 Å². The second kappa shape index (κ2) is 6.58. The zero-order chi connectivity index (χ0) is 12.8. The van der Waals surface area contributed by atoms with Gasteiger partial charge in [-0.15, -0.1) is 0 Å². The lowest BCUT2D eigenvalue weighted by Crippen LogP contribution is -2.18. The summed E-state index contributed by atoms with van der Waals surface area (Å²) >= 11 is 0. The third-order valence-electron chi connectivity index (χ3n) is 2.54.